The van der Waals surface area contributed by atoms with E-state index in [4.69, 9.17) is 5.11 Å². The summed E-state index contributed by atoms with van der Waals surface area (Å²) in [4.78, 5) is 12.8. The maximum absolute atomic E-state index is 10.5. The lowest BCUT2D eigenvalue weighted by molar-refractivity contribution is -0.131. The molecule has 19 heavy (non-hydrogen) atoms. The van der Waals surface area contributed by atoms with Gasteiger partial charge < -0.3 is 10.0 Å². The van der Waals surface area contributed by atoms with E-state index in [-0.39, 0.29) is 0 Å². The van der Waals surface area contributed by atoms with Crippen LogP contribution in [-0.4, -0.2) is 24.7 Å². The Morgan fingerprint density at radius 1 is 1.47 bits per heavy atom. The molecule has 1 aromatic rings. The molecule has 3 nitrogen and oxygen atoms in total. The van der Waals surface area contributed by atoms with Crippen LogP contribution < -0.4 is 4.90 Å². The highest BCUT2D eigenvalue weighted by Crippen LogP contribution is 2.20. The summed E-state index contributed by atoms with van der Waals surface area (Å²) in [6.45, 7) is 7.47. The van der Waals surface area contributed by atoms with Crippen LogP contribution >= 0.6 is 0 Å². The molecule has 0 heterocycles. The second kappa shape index (κ2) is 6.98. The highest BCUT2D eigenvalue weighted by Gasteiger charge is 2.06. The van der Waals surface area contributed by atoms with Gasteiger partial charge in [0, 0.05) is 25.4 Å². The lowest BCUT2D eigenvalue weighted by Gasteiger charge is -2.23. The Morgan fingerprint density at radius 2 is 2.16 bits per heavy atom. The van der Waals surface area contributed by atoms with Crippen molar-refractivity contribution in [2.24, 2.45) is 5.92 Å². The first-order valence-corrected chi connectivity index (χ1v) is 6.66. The molecule has 0 radical (unpaired) electrons. The van der Waals surface area contributed by atoms with Crippen LogP contribution in [-0.2, 0) is 4.79 Å². The molecule has 104 valence electrons. The summed E-state index contributed by atoms with van der Waals surface area (Å²) in [6, 6.07) is 6.11. The molecule has 0 spiro atoms. The van der Waals surface area contributed by atoms with Crippen LogP contribution in [0.1, 0.15) is 31.4 Å². The molecule has 3 heteroatoms. The van der Waals surface area contributed by atoms with Crippen molar-refractivity contribution in [3.8, 4) is 0 Å². The molecule has 0 aliphatic carbocycles. The second-order valence-electron chi connectivity index (χ2n) is 5.11. The predicted octanol–water partition coefficient (Wildman–Crippen LogP) is 3.58. The molecule has 0 saturated heterocycles. The average Bonchev–Trinajstić information content (AvgIpc) is 2.36. The van der Waals surface area contributed by atoms with Crippen LogP contribution in [0.2, 0.25) is 0 Å². The molecule has 1 N–H and O–H groups in total. The van der Waals surface area contributed by atoms with Crippen LogP contribution in [0.25, 0.3) is 6.08 Å². The first-order valence-electron chi connectivity index (χ1n) is 6.66. The number of aliphatic carboxylic acids is 1. The minimum atomic E-state index is -0.919. The molecule has 0 aromatic heterocycles. The van der Waals surface area contributed by atoms with Crippen LogP contribution in [0.4, 0.5) is 5.69 Å². The zero-order chi connectivity index (χ0) is 14.4. The smallest absolute Gasteiger partial charge is 0.328 e. The molecule has 0 bridgehead atoms. The Labute approximate surface area is 115 Å². The summed E-state index contributed by atoms with van der Waals surface area (Å²) >= 11 is 0. The van der Waals surface area contributed by atoms with Crippen molar-refractivity contribution in [3.63, 3.8) is 0 Å². The van der Waals surface area contributed by atoms with Gasteiger partial charge in [0.1, 0.15) is 0 Å². The number of anilines is 1. The van der Waals surface area contributed by atoms with Gasteiger partial charge >= 0.3 is 5.97 Å². The number of hydrogen-bond acceptors (Lipinski definition) is 2. The van der Waals surface area contributed by atoms with E-state index >= 15 is 0 Å². The van der Waals surface area contributed by atoms with Crippen molar-refractivity contribution >= 4 is 17.7 Å². The number of rotatable bonds is 6. The summed E-state index contributed by atoms with van der Waals surface area (Å²) in [6.07, 6.45) is 3.98. The van der Waals surface area contributed by atoms with Gasteiger partial charge in [-0.05, 0) is 42.2 Å². The fourth-order valence-corrected chi connectivity index (χ4v) is 1.95. The molecule has 1 unspecified atom stereocenters. The van der Waals surface area contributed by atoms with Crippen LogP contribution in [0.15, 0.2) is 24.3 Å². The second-order valence-corrected chi connectivity index (χ2v) is 5.11. The van der Waals surface area contributed by atoms with Gasteiger partial charge in [0.15, 0.2) is 0 Å². The zero-order valence-electron chi connectivity index (χ0n) is 12.2. The third kappa shape index (κ3) is 4.78. The topological polar surface area (TPSA) is 40.5 Å². The molecule has 1 rings (SSSR count). The average molecular weight is 261 g/mol. The summed E-state index contributed by atoms with van der Waals surface area (Å²) < 4.78 is 0. The Kier molecular flexibility index (Phi) is 5.61. The Bertz CT molecular complexity index is 466. The van der Waals surface area contributed by atoms with E-state index in [0.717, 1.165) is 17.7 Å². The van der Waals surface area contributed by atoms with Crippen molar-refractivity contribution in [2.45, 2.75) is 27.2 Å². The highest BCUT2D eigenvalue weighted by atomic mass is 16.4. The van der Waals surface area contributed by atoms with Gasteiger partial charge in [0.25, 0.3) is 0 Å². The molecule has 0 amide bonds. The lowest BCUT2D eigenvalue weighted by atomic mass is 10.1. The molecule has 1 aromatic carbocycles. The van der Waals surface area contributed by atoms with Crippen molar-refractivity contribution in [3.05, 3.63) is 35.4 Å². The molecule has 0 aliphatic rings. The lowest BCUT2D eigenvalue weighted by Crippen LogP contribution is -2.23. The standard InChI is InChI=1S/C16H23NO2/c1-5-12(2)11-17(4)15-8-6-14(13(3)10-15)7-9-16(18)19/h6-10,12H,5,11H2,1-4H3,(H,18,19)/b9-7+. The Balaban J connectivity index is 2.84. The van der Waals surface area contributed by atoms with Crippen molar-refractivity contribution < 1.29 is 9.90 Å². The van der Waals surface area contributed by atoms with E-state index in [9.17, 15) is 4.79 Å². The Morgan fingerprint density at radius 3 is 2.68 bits per heavy atom. The van der Waals surface area contributed by atoms with E-state index in [2.05, 4.69) is 31.9 Å². The van der Waals surface area contributed by atoms with Gasteiger partial charge in [0.05, 0.1) is 0 Å². The number of carboxylic acids is 1. The van der Waals surface area contributed by atoms with E-state index in [0.29, 0.717) is 5.92 Å². The third-order valence-corrected chi connectivity index (χ3v) is 3.38. The number of carbonyl (C=O) groups is 1. The minimum absolute atomic E-state index is 0.664. The van der Waals surface area contributed by atoms with Crippen LogP contribution in [0.5, 0.6) is 0 Å². The number of benzene rings is 1. The van der Waals surface area contributed by atoms with E-state index in [1.54, 1.807) is 6.08 Å². The molecular weight excluding hydrogens is 238 g/mol. The first-order chi connectivity index (χ1) is 8.93. The van der Waals surface area contributed by atoms with Gasteiger partial charge in [0.2, 0.25) is 0 Å². The summed E-state index contributed by atoms with van der Waals surface area (Å²) in [7, 11) is 2.09. The minimum Gasteiger partial charge on any atom is -0.478 e. The summed E-state index contributed by atoms with van der Waals surface area (Å²) in [5.74, 6) is -0.255. The number of nitrogens with zero attached hydrogens (tertiary/aromatic N) is 1. The quantitative estimate of drug-likeness (QED) is 0.796. The highest BCUT2D eigenvalue weighted by molar-refractivity contribution is 5.85. The Hall–Kier alpha value is -1.77. The van der Waals surface area contributed by atoms with Gasteiger partial charge in [-0.2, -0.15) is 0 Å². The molecular formula is C16H23NO2. The fourth-order valence-electron chi connectivity index (χ4n) is 1.95. The maximum Gasteiger partial charge on any atom is 0.328 e. The normalized spacial score (nSPS) is 12.6. The number of carboxylic acid groups (broad SMARTS) is 1. The van der Waals surface area contributed by atoms with Gasteiger partial charge in [-0.25, -0.2) is 4.79 Å². The fraction of sp³-hybridized carbons (Fsp3) is 0.438. The van der Waals surface area contributed by atoms with Crippen LogP contribution in [0, 0.1) is 12.8 Å². The largest absolute Gasteiger partial charge is 0.478 e. The summed E-state index contributed by atoms with van der Waals surface area (Å²) in [5, 5.41) is 8.64. The molecule has 0 fully saturated rings. The van der Waals surface area contributed by atoms with Crippen molar-refractivity contribution in [2.75, 3.05) is 18.5 Å². The monoisotopic (exact) mass is 261 g/mol. The maximum atomic E-state index is 10.5. The zero-order valence-corrected chi connectivity index (χ0v) is 12.2. The first kappa shape index (κ1) is 15.3. The molecule has 0 aliphatic heterocycles. The van der Waals surface area contributed by atoms with E-state index in [1.165, 1.54) is 18.2 Å². The van der Waals surface area contributed by atoms with Crippen molar-refractivity contribution in [1.29, 1.82) is 0 Å². The third-order valence-electron chi connectivity index (χ3n) is 3.38. The van der Waals surface area contributed by atoms with Crippen molar-refractivity contribution in [1.82, 2.24) is 0 Å². The van der Waals surface area contributed by atoms with Gasteiger partial charge in [-0.1, -0.05) is 26.3 Å². The van der Waals surface area contributed by atoms with Gasteiger partial charge in [-0.3, -0.25) is 0 Å². The predicted molar refractivity (Wildman–Crippen MR) is 80.6 cm³/mol. The SMILES string of the molecule is CCC(C)CN(C)c1ccc(/C=C/C(=O)O)c(C)c1. The van der Waals surface area contributed by atoms with E-state index in [1.807, 2.05) is 19.1 Å². The number of hydrogen-bond donors (Lipinski definition) is 1. The van der Waals surface area contributed by atoms with E-state index < -0.39 is 5.97 Å². The van der Waals surface area contributed by atoms with Gasteiger partial charge in [-0.15, -0.1) is 0 Å². The molecule has 1 atom stereocenters. The van der Waals surface area contributed by atoms with Crippen LogP contribution in [0.3, 0.4) is 0 Å². The molecule has 0 saturated carbocycles. The number of aryl methyl sites for hydroxylation is 1. The summed E-state index contributed by atoms with van der Waals surface area (Å²) in [5.41, 5.74) is 3.21.